The van der Waals surface area contributed by atoms with E-state index in [0.29, 0.717) is 43.4 Å². The molecule has 0 saturated heterocycles. The number of carbonyl (C=O) groups is 1. The molecule has 0 bridgehead atoms. The van der Waals surface area contributed by atoms with Gasteiger partial charge in [-0.15, -0.1) is 0 Å². The molecule has 2 heterocycles. The van der Waals surface area contributed by atoms with Gasteiger partial charge in [0.1, 0.15) is 5.75 Å². The third kappa shape index (κ3) is 5.95. The molecule has 224 valence electrons. The standard InChI is InChI=1S/C34H36N2O6S/c1-8-40-33(38)30-21(6)35-34-36(31(30)23-14-16-27(42-20(4)5)28(17-23)39-7)32(37)29(43-34)18-25-24-12-10-9-11-22(24)13-15-26(25)41-19(2)3/h9-20,31H,8H2,1-7H3/b29-18+/t31-/m1/s1. The molecule has 4 aromatic rings. The van der Waals surface area contributed by atoms with E-state index in [0.717, 1.165) is 16.3 Å². The number of carbonyl (C=O) groups excluding carboxylic acids is 1. The molecule has 43 heavy (non-hydrogen) atoms. The topological polar surface area (TPSA) is 88.4 Å². The maximum Gasteiger partial charge on any atom is 0.338 e. The van der Waals surface area contributed by atoms with Crippen molar-refractivity contribution in [3.8, 4) is 17.2 Å². The summed E-state index contributed by atoms with van der Waals surface area (Å²) in [5.74, 6) is 1.23. The van der Waals surface area contributed by atoms with Gasteiger partial charge < -0.3 is 18.9 Å². The molecular formula is C34H36N2O6S. The van der Waals surface area contributed by atoms with E-state index in [1.165, 1.54) is 11.3 Å². The molecular weight excluding hydrogens is 564 g/mol. The monoisotopic (exact) mass is 600 g/mol. The molecule has 0 aliphatic carbocycles. The number of ether oxygens (including phenoxy) is 4. The Labute approximate surface area is 254 Å². The van der Waals surface area contributed by atoms with Crippen LogP contribution in [0.25, 0.3) is 16.8 Å². The predicted octanol–water partition coefficient (Wildman–Crippen LogP) is 5.53. The summed E-state index contributed by atoms with van der Waals surface area (Å²) in [6, 6.07) is 16.6. The van der Waals surface area contributed by atoms with Crippen LogP contribution in [-0.4, -0.2) is 36.5 Å². The highest BCUT2D eigenvalue weighted by Crippen LogP contribution is 2.37. The third-order valence-electron chi connectivity index (χ3n) is 6.95. The molecule has 3 aromatic carbocycles. The van der Waals surface area contributed by atoms with Gasteiger partial charge in [0, 0.05) is 5.56 Å². The number of aromatic nitrogens is 1. The lowest BCUT2D eigenvalue weighted by atomic mass is 9.95. The first kappa shape index (κ1) is 30.1. The van der Waals surface area contributed by atoms with Gasteiger partial charge in [-0.2, -0.15) is 0 Å². The smallest absolute Gasteiger partial charge is 0.338 e. The van der Waals surface area contributed by atoms with E-state index in [1.807, 2.05) is 76.2 Å². The third-order valence-corrected chi connectivity index (χ3v) is 7.93. The van der Waals surface area contributed by atoms with E-state index >= 15 is 0 Å². The van der Waals surface area contributed by atoms with Gasteiger partial charge in [0.05, 0.1) is 47.8 Å². The minimum Gasteiger partial charge on any atom is -0.493 e. The fraction of sp³-hybridized carbons (Fsp3) is 0.324. The maximum absolute atomic E-state index is 14.3. The minimum absolute atomic E-state index is 0.0538. The van der Waals surface area contributed by atoms with Gasteiger partial charge in [0.25, 0.3) is 5.56 Å². The second-order valence-corrected chi connectivity index (χ2v) is 11.8. The summed E-state index contributed by atoms with van der Waals surface area (Å²) in [6.07, 6.45) is 1.75. The van der Waals surface area contributed by atoms with Crippen LogP contribution in [0, 0.1) is 0 Å². The summed E-state index contributed by atoms with van der Waals surface area (Å²) in [6.45, 7) is 11.5. The fourth-order valence-corrected chi connectivity index (χ4v) is 6.25. The lowest BCUT2D eigenvalue weighted by Gasteiger charge is -2.25. The van der Waals surface area contributed by atoms with Gasteiger partial charge in [-0.1, -0.05) is 47.7 Å². The SMILES string of the molecule is CCOC(=O)C1=C(C)N=c2s/c(=C/c3c(OC(C)C)ccc4ccccc34)c(=O)n2[C@@H]1c1ccc(OC(C)C)c(OC)c1. The van der Waals surface area contributed by atoms with Crippen molar-refractivity contribution in [2.45, 2.75) is 59.8 Å². The summed E-state index contributed by atoms with van der Waals surface area (Å²) in [7, 11) is 1.56. The van der Waals surface area contributed by atoms with Crippen molar-refractivity contribution in [1.29, 1.82) is 0 Å². The number of thiazole rings is 1. The molecule has 1 aromatic heterocycles. The number of hydrogen-bond donors (Lipinski definition) is 0. The van der Waals surface area contributed by atoms with Gasteiger partial charge in [-0.05, 0) is 82.2 Å². The number of hydrogen-bond acceptors (Lipinski definition) is 8. The van der Waals surface area contributed by atoms with E-state index in [-0.39, 0.29) is 24.4 Å². The van der Waals surface area contributed by atoms with Gasteiger partial charge in [-0.3, -0.25) is 9.36 Å². The van der Waals surface area contributed by atoms with Gasteiger partial charge >= 0.3 is 5.97 Å². The molecule has 0 fully saturated rings. The van der Waals surface area contributed by atoms with Crippen LogP contribution in [-0.2, 0) is 9.53 Å². The van der Waals surface area contributed by atoms with Crippen molar-refractivity contribution in [3.63, 3.8) is 0 Å². The molecule has 1 aliphatic rings. The first-order chi connectivity index (χ1) is 20.6. The van der Waals surface area contributed by atoms with Crippen LogP contribution in [0.2, 0.25) is 0 Å². The molecule has 0 spiro atoms. The lowest BCUT2D eigenvalue weighted by molar-refractivity contribution is -0.139. The molecule has 1 atom stereocenters. The Morgan fingerprint density at radius 2 is 1.70 bits per heavy atom. The van der Waals surface area contributed by atoms with Gasteiger partial charge in [-0.25, -0.2) is 9.79 Å². The van der Waals surface area contributed by atoms with Crippen molar-refractivity contribution < 1.29 is 23.7 Å². The molecule has 8 nitrogen and oxygen atoms in total. The van der Waals surface area contributed by atoms with Crippen LogP contribution in [0.3, 0.4) is 0 Å². The highest BCUT2D eigenvalue weighted by atomic mass is 32.1. The van der Waals surface area contributed by atoms with Crippen LogP contribution < -0.4 is 29.1 Å². The molecule has 9 heteroatoms. The summed E-state index contributed by atoms with van der Waals surface area (Å²) in [5, 5.41) is 2.00. The van der Waals surface area contributed by atoms with Crippen LogP contribution in [0.1, 0.15) is 58.7 Å². The quantitative estimate of drug-likeness (QED) is 0.235. The van der Waals surface area contributed by atoms with Crippen molar-refractivity contribution in [3.05, 3.63) is 96.7 Å². The van der Waals surface area contributed by atoms with Crippen LogP contribution in [0.5, 0.6) is 17.2 Å². The Morgan fingerprint density at radius 1 is 1.00 bits per heavy atom. The fourth-order valence-electron chi connectivity index (χ4n) is 5.22. The van der Waals surface area contributed by atoms with E-state index < -0.39 is 12.0 Å². The zero-order chi connectivity index (χ0) is 30.8. The number of nitrogens with zero attached hydrogens (tertiary/aromatic N) is 2. The van der Waals surface area contributed by atoms with Crippen molar-refractivity contribution in [1.82, 2.24) is 4.57 Å². The number of fused-ring (bicyclic) bond motifs is 2. The Morgan fingerprint density at radius 3 is 2.40 bits per heavy atom. The number of benzene rings is 3. The van der Waals surface area contributed by atoms with Crippen LogP contribution in [0.15, 0.2) is 75.7 Å². The predicted molar refractivity (Wildman–Crippen MR) is 169 cm³/mol. The van der Waals surface area contributed by atoms with Crippen molar-refractivity contribution in [2.24, 2.45) is 4.99 Å². The number of methoxy groups -OCH3 is 1. The minimum atomic E-state index is -0.779. The number of rotatable bonds is 9. The number of esters is 1. The summed E-state index contributed by atoms with van der Waals surface area (Å²) >= 11 is 1.27. The van der Waals surface area contributed by atoms with Gasteiger partial charge in [0.15, 0.2) is 16.3 Å². The molecule has 1 aliphatic heterocycles. The van der Waals surface area contributed by atoms with Crippen LogP contribution >= 0.6 is 11.3 Å². The largest absolute Gasteiger partial charge is 0.493 e. The average molecular weight is 601 g/mol. The van der Waals surface area contributed by atoms with E-state index in [2.05, 4.69) is 0 Å². The zero-order valence-electron chi connectivity index (χ0n) is 25.5. The van der Waals surface area contributed by atoms with Gasteiger partial charge in [0.2, 0.25) is 0 Å². The van der Waals surface area contributed by atoms with Crippen molar-refractivity contribution >= 4 is 34.2 Å². The Hall–Kier alpha value is -4.37. The van der Waals surface area contributed by atoms with E-state index in [9.17, 15) is 9.59 Å². The first-order valence-corrected chi connectivity index (χ1v) is 15.2. The summed E-state index contributed by atoms with van der Waals surface area (Å²) in [5.41, 5.74) is 2.01. The van der Waals surface area contributed by atoms with Crippen LogP contribution in [0.4, 0.5) is 0 Å². The molecule has 0 radical (unpaired) electrons. The highest BCUT2D eigenvalue weighted by Gasteiger charge is 2.34. The Bertz CT molecular complexity index is 1900. The Kier molecular flexibility index (Phi) is 8.73. The molecule has 0 saturated carbocycles. The first-order valence-electron chi connectivity index (χ1n) is 14.4. The summed E-state index contributed by atoms with van der Waals surface area (Å²) in [4.78, 5) is 32.8. The van der Waals surface area contributed by atoms with E-state index in [4.69, 9.17) is 23.9 Å². The molecule has 0 amide bonds. The molecule has 5 rings (SSSR count). The highest BCUT2D eigenvalue weighted by molar-refractivity contribution is 7.07. The normalized spacial score (nSPS) is 15.1. The zero-order valence-corrected chi connectivity index (χ0v) is 26.3. The van der Waals surface area contributed by atoms with E-state index in [1.54, 1.807) is 37.7 Å². The molecule has 0 unspecified atom stereocenters. The van der Waals surface area contributed by atoms with Crippen molar-refractivity contribution in [2.75, 3.05) is 13.7 Å². The number of allylic oxidation sites excluding steroid dienone is 1. The second-order valence-electron chi connectivity index (χ2n) is 10.7. The average Bonchev–Trinajstić information content (AvgIpc) is 3.27. The maximum atomic E-state index is 14.3. The Balaban J connectivity index is 1.76. The summed E-state index contributed by atoms with van der Waals surface area (Å²) < 4.78 is 25.2. The lowest BCUT2D eigenvalue weighted by Crippen LogP contribution is -2.40. The molecule has 0 N–H and O–H groups in total. The second kappa shape index (κ2) is 12.5.